The Balaban J connectivity index is 1.84. The van der Waals surface area contributed by atoms with E-state index >= 15 is 0 Å². The van der Waals surface area contributed by atoms with Crippen molar-refractivity contribution >= 4 is 17.8 Å². The normalized spacial score (nSPS) is 13.7. The number of amides is 2. The summed E-state index contributed by atoms with van der Waals surface area (Å²) in [7, 11) is 0. The van der Waals surface area contributed by atoms with Crippen molar-refractivity contribution in [3.05, 3.63) is 71.8 Å². The van der Waals surface area contributed by atoms with Gasteiger partial charge in [0, 0.05) is 6.54 Å². The van der Waals surface area contributed by atoms with Crippen LogP contribution in [0.4, 0.5) is 0 Å². The zero-order chi connectivity index (χ0) is 21.2. The van der Waals surface area contributed by atoms with E-state index in [2.05, 4.69) is 10.6 Å². The molecule has 0 heterocycles. The molecular weight excluding hydrogens is 372 g/mol. The third kappa shape index (κ3) is 7.36. The Labute approximate surface area is 169 Å². The van der Waals surface area contributed by atoms with Gasteiger partial charge in [-0.25, -0.2) is 4.79 Å². The van der Waals surface area contributed by atoms with Gasteiger partial charge in [0.2, 0.25) is 11.8 Å². The maximum Gasteiger partial charge on any atom is 0.328 e. The molecule has 8 nitrogen and oxygen atoms in total. The molecule has 0 fully saturated rings. The summed E-state index contributed by atoms with van der Waals surface area (Å²) in [6.45, 7) is -0.291. The van der Waals surface area contributed by atoms with E-state index in [0.717, 1.165) is 11.1 Å². The molecule has 0 saturated carbocycles. The molecule has 0 aliphatic rings. The summed E-state index contributed by atoms with van der Waals surface area (Å²) in [6.07, 6.45) is 0.589. The first-order valence-electron chi connectivity index (χ1n) is 9.26. The molecule has 2 rings (SSSR count). The van der Waals surface area contributed by atoms with E-state index in [0.29, 0.717) is 6.42 Å². The average Bonchev–Trinajstić information content (AvgIpc) is 2.71. The molecule has 0 spiro atoms. The highest BCUT2D eigenvalue weighted by atomic mass is 16.4. The summed E-state index contributed by atoms with van der Waals surface area (Å²) >= 11 is 0. The zero-order valence-corrected chi connectivity index (χ0v) is 16.0. The lowest BCUT2D eigenvalue weighted by Gasteiger charge is -2.19. The number of hydrogen-bond acceptors (Lipinski definition) is 5. The summed E-state index contributed by atoms with van der Waals surface area (Å²) in [5.74, 6) is -2.38. The fraction of sp³-hybridized carbons (Fsp3) is 0.286. The number of nitrogens with one attached hydrogen (secondary N) is 2. The minimum atomic E-state index is -1.31. The van der Waals surface area contributed by atoms with Gasteiger partial charge in [-0.3, -0.25) is 9.59 Å². The van der Waals surface area contributed by atoms with Crippen molar-refractivity contribution in [1.82, 2.24) is 10.6 Å². The minimum absolute atomic E-state index is 0.271. The molecule has 8 heteroatoms. The molecule has 2 aromatic rings. The van der Waals surface area contributed by atoms with Crippen LogP contribution in [-0.4, -0.2) is 47.6 Å². The van der Waals surface area contributed by atoms with Gasteiger partial charge in [0.1, 0.15) is 6.04 Å². The molecule has 154 valence electrons. The molecule has 0 aliphatic heterocycles. The standard InChI is InChI=1S/C21H26N4O4/c22-16(11-14-7-3-1-4-8-14)19(26)24-13-18(21(28)29)25-20(27)17(23)12-15-9-5-2-6-10-15/h1-10,16-18H,11-13,22-23H2,(H,24,26)(H,25,27)(H,28,29). The van der Waals surface area contributed by atoms with E-state index in [1.54, 1.807) is 0 Å². The van der Waals surface area contributed by atoms with Crippen LogP contribution in [0, 0.1) is 0 Å². The predicted molar refractivity (Wildman–Crippen MR) is 109 cm³/mol. The topological polar surface area (TPSA) is 148 Å². The highest BCUT2D eigenvalue weighted by molar-refractivity contribution is 5.88. The van der Waals surface area contributed by atoms with Crippen LogP contribution in [0.25, 0.3) is 0 Å². The third-order valence-corrected chi connectivity index (χ3v) is 4.37. The molecule has 0 radical (unpaired) electrons. The number of carbonyl (C=O) groups is 3. The fourth-order valence-electron chi connectivity index (χ4n) is 2.73. The molecule has 3 unspecified atom stereocenters. The van der Waals surface area contributed by atoms with E-state index in [4.69, 9.17) is 11.5 Å². The second kappa shape index (κ2) is 10.9. The summed E-state index contributed by atoms with van der Waals surface area (Å²) in [6, 6.07) is 15.4. The zero-order valence-electron chi connectivity index (χ0n) is 16.0. The van der Waals surface area contributed by atoms with Gasteiger partial charge < -0.3 is 27.2 Å². The van der Waals surface area contributed by atoms with Gasteiger partial charge in [0.25, 0.3) is 0 Å². The molecule has 0 saturated heterocycles. The van der Waals surface area contributed by atoms with E-state index in [1.807, 2.05) is 60.7 Å². The highest BCUT2D eigenvalue weighted by Crippen LogP contribution is 2.03. The number of benzene rings is 2. The Hall–Kier alpha value is -3.23. The number of hydrogen-bond donors (Lipinski definition) is 5. The molecule has 0 aromatic heterocycles. The van der Waals surface area contributed by atoms with Gasteiger partial charge in [-0.2, -0.15) is 0 Å². The first-order chi connectivity index (χ1) is 13.9. The number of carboxylic acid groups (broad SMARTS) is 1. The Morgan fingerprint density at radius 2 is 1.24 bits per heavy atom. The Morgan fingerprint density at radius 3 is 1.69 bits per heavy atom. The van der Waals surface area contributed by atoms with Gasteiger partial charge in [0.05, 0.1) is 12.1 Å². The maximum atomic E-state index is 12.2. The van der Waals surface area contributed by atoms with Crippen molar-refractivity contribution in [2.75, 3.05) is 6.54 Å². The molecular formula is C21H26N4O4. The van der Waals surface area contributed by atoms with Crippen molar-refractivity contribution in [1.29, 1.82) is 0 Å². The van der Waals surface area contributed by atoms with Gasteiger partial charge in [0.15, 0.2) is 0 Å². The first kappa shape index (κ1) is 22.1. The molecule has 2 aromatic carbocycles. The van der Waals surface area contributed by atoms with Crippen LogP contribution in [0.3, 0.4) is 0 Å². The SMILES string of the molecule is NC(Cc1ccccc1)C(=O)NCC(NC(=O)C(N)Cc1ccccc1)C(=O)O. The van der Waals surface area contributed by atoms with E-state index in [9.17, 15) is 19.5 Å². The molecule has 7 N–H and O–H groups in total. The summed E-state index contributed by atoms with van der Waals surface area (Å²) < 4.78 is 0. The van der Waals surface area contributed by atoms with Crippen LogP contribution >= 0.6 is 0 Å². The first-order valence-corrected chi connectivity index (χ1v) is 9.26. The molecule has 29 heavy (non-hydrogen) atoms. The van der Waals surface area contributed by atoms with Crippen molar-refractivity contribution in [3.63, 3.8) is 0 Å². The van der Waals surface area contributed by atoms with Crippen LogP contribution in [0.1, 0.15) is 11.1 Å². The fourth-order valence-corrected chi connectivity index (χ4v) is 2.73. The quantitative estimate of drug-likeness (QED) is 0.375. The van der Waals surface area contributed by atoms with Crippen LogP contribution in [-0.2, 0) is 27.2 Å². The van der Waals surface area contributed by atoms with E-state index in [1.165, 1.54) is 0 Å². The molecule has 0 aliphatic carbocycles. The third-order valence-electron chi connectivity index (χ3n) is 4.37. The number of carboxylic acids is 1. The Bertz CT molecular complexity index is 814. The van der Waals surface area contributed by atoms with Crippen LogP contribution in [0.2, 0.25) is 0 Å². The lowest BCUT2D eigenvalue weighted by molar-refractivity contribution is -0.142. The molecule has 0 bridgehead atoms. The monoisotopic (exact) mass is 398 g/mol. The maximum absolute atomic E-state index is 12.2. The smallest absolute Gasteiger partial charge is 0.328 e. The lowest BCUT2D eigenvalue weighted by Crippen LogP contribution is -2.54. The Morgan fingerprint density at radius 1 is 0.793 bits per heavy atom. The summed E-state index contributed by atoms with van der Waals surface area (Å²) in [4.78, 5) is 35.9. The highest BCUT2D eigenvalue weighted by Gasteiger charge is 2.25. The predicted octanol–water partition coefficient (Wildman–Crippen LogP) is -0.188. The van der Waals surface area contributed by atoms with Gasteiger partial charge in [-0.1, -0.05) is 60.7 Å². The molecule has 2 amide bonds. The van der Waals surface area contributed by atoms with Crippen molar-refractivity contribution < 1.29 is 19.5 Å². The van der Waals surface area contributed by atoms with Gasteiger partial charge in [-0.15, -0.1) is 0 Å². The van der Waals surface area contributed by atoms with Gasteiger partial charge in [-0.05, 0) is 24.0 Å². The second-order valence-electron chi connectivity index (χ2n) is 6.74. The van der Waals surface area contributed by atoms with E-state index in [-0.39, 0.29) is 13.0 Å². The number of rotatable bonds is 10. The summed E-state index contributed by atoms with van der Waals surface area (Å²) in [5.41, 5.74) is 13.5. The second-order valence-corrected chi connectivity index (χ2v) is 6.74. The molecule has 3 atom stereocenters. The van der Waals surface area contributed by atoms with Crippen molar-refractivity contribution in [2.45, 2.75) is 31.0 Å². The van der Waals surface area contributed by atoms with Crippen LogP contribution in [0.15, 0.2) is 60.7 Å². The van der Waals surface area contributed by atoms with E-state index < -0.39 is 35.9 Å². The average molecular weight is 398 g/mol. The lowest BCUT2D eigenvalue weighted by atomic mass is 10.1. The number of nitrogens with two attached hydrogens (primary N) is 2. The largest absolute Gasteiger partial charge is 0.480 e. The summed E-state index contributed by atoms with van der Waals surface area (Å²) in [5, 5.41) is 14.2. The number of aliphatic carboxylic acids is 1. The minimum Gasteiger partial charge on any atom is -0.480 e. The van der Waals surface area contributed by atoms with Crippen molar-refractivity contribution in [3.8, 4) is 0 Å². The van der Waals surface area contributed by atoms with Crippen LogP contribution < -0.4 is 22.1 Å². The van der Waals surface area contributed by atoms with Crippen LogP contribution in [0.5, 0.6) is 0 Å². The van der Waals surface area contributed by atoms with Gasteiger partial charge >= 0.3 is 5.97 Å². The Kier molecular flexibility index (Phi) is 8.32. The number of carbonyl (C=O) groups excluding carboxylic acids is 2. The van der Waals surface area contributed by atoms with Crippen molar-refractivity contribution in [2.24, 2.45) is 11.5 Å².